The molecule has 0 aliphatic carbocycles. The van der Waals surface area contributed by atoms with Gasteiger partial charge in [-0.1, -0.05) is 0 Å². The molecule has 6 nitrogen and oxygen atoms in total. The van der Waals surface area contributed by atoms with Gasteiger partial charge in [0, 0.05) is 29.7 Å². The maximum Gasteiger partial charge on any atom is 0.261 e. The average Bonchev–Trinajstić information content (AvgIpc) is 3.22. The Balaban J connectivity index is 1.64. The van der Waals surface area contributed by atoms with Crippen molar-refractivity contribution in [3.05, 3.63) is 59.4 Å². The van der Waals surface area contributed by atoms with Gasteiger partial charge in [0.15, 0.2) is 0 Å². The zero-order chi connectivity index (χ0) is 21.4. The second kappa shape index (κ2) is 7.96. The molecule has 2 aromatic carbocycles. The molecule has 155 valence electrons. The van der Waals surface area contributed by atoms with E-state index in [0.717, 1.165) is 6.07 Å². The Labute approximate surface area is 170 Å². The van der Waals surface area contributed by atoms with Gasteiger partial charge >= 0.3 is 0 Å². The largest absolute Gasteiger partial charge is 0.428 e. The van der Waals surface area contributed by atoms with Crippen LogP contribution < -0.4 is 10.6 Å². The number of hydrogen-bond acceptors (Lipinski definition) is 3. The number of aromatic amines is 1. The van der Waals surface area contributed by atoms with Gasteiger partial charge in [0.2, 0.25) is 11.8 Å². The molecule has 0 spiro atoms. The first-order chi connectivity index (χ1) is 14.3. The van der Waals surface area contributed by atoms with Crippen molar-refractivity contribution in [2.24, 2.45) is 0 Å². The van der Waals surface area contributed by atoms with Crippen molar-refractivity contribution in [1.29, 1.82) is 0 Å². The lowest BCUT2D eigenvalue weighted by atomic mass is 10.0. The maximum atomic E-state index is 14.3. The molecule has 1 aliphatic rings. The number of H-pyrrole nitrogens is 1. The Morgan fingerprint density at radius 1 is 1.17 bits per heavy atom. The molecule has 2 amide bonds. The molecule has 0 unspecified atom stereocenters. The number of carbonyl (C=O) groups excluding carboxylic acids is 2. The van der Waals surface area contributed by atoms with Gasteiger partial charge in [-0.2, -0.15) is 0 Å². The molecular formula is C20H17F3N3O3Si. The highest BCUT2D eigenvalue weighted by molar-refractivity contribution is 6.60. The summed E-state index contributed by atoms with van der Waals surface area (Å²) < 4.78 is 41.5. The summed E-state index contributed by atoms with van der Waals surface area (Å²) >= 11 is 0. The predicted octanol–water partition coefficient (Wildman–Crippen LogP) is 1.86. The number of fused-ring (bicyclic) bond motifs is 1. The predicted molar refractivity (Wildman–Crippen MR) is 105 cm³/mol. The number of benzene rings is 2. The van der Waals surface area contributed by atoms with Gasteiger partial charge in [-0.25, -0.2) is 13.2 Å². The first kappa shape index (κ1) is 20.2. The van der Waals surface area contributed by atoms with Crippen molar-refractivity contribution >= 4 is 31.8 Å². The minimum atomic E-state index is -2.04. The van der Waals surface area contributed by atoms with Gasteiger partial charge in [-0.3, -0.25) is 9.59 Å². The highest BCUT2D eigenvalue weighted by atomic mass is 28.3. The fourth-order valence-corrected chi connectivity index (χ4v) is 4.84. The van der Waals surface area contributed by atoms with Crippen molar-refractivity contribution in [1.82, 2.24) is 15.6 Å². The first-order valence-corrected chi connectivity index (χ1v) is 10.9. The standard InChI is InChI=1S/C20H17F3N3O3Si/c21-11-3-1-10(2-4-11)17-13(14-7-12(22)8-15(23)18(14)26-17)5-6-16(27)25-20-19(28)24-9-30(20)29/h1-4,7-8,20,26,29H,5-6,9H2,(H,24,28)(H,25,27)/t20-/m0/s1. The molecule has 1 radical (unpaired) electrons. The molecule has 0 bridgehead atoms. The van der Waals surface area contributed by atoms with Crippen LogP contribution in [0.5, 0.6) is 0 Å². The number of carbonyl (C=O) groups is 2. The van der Waals surface area contributed by atoms with E-state index in [-0.39, 0.29) is 29.9 Å². The molecule has 4 rings (SSSR count). The van der Waals surface area contributed by atoms with E-state index in [1.165, 1.54) is 30.3 Å². The number of rotatable bonds is 5. The molecule has 0 saturated carbocycles. The van der Waals surface area contributed by atoms with Crippen molar-refractivity contribution in [2.45, 2.75) is 18.5 Å². The highest BCUT2D eigenvalue weighted by Crippen LogP contribution is 2.33. The Morgan fingerprint density at radius 3 is 2.57 bits per heavy atom. The quantitative estimate of drug-likeness (QED) is 0.464. The van der Waals surface area contributed by atoms with Gasteiger partial charge in [0.05, 0.1) is 5.52 Å². The molecule has 1 aliphatic heterocycles. The fraction of sp³-hybridized carbons (Fsp3) is 0.200. The summed E-state index contributed by atoms with van der Waals surface area (Å²) in [5.41, 5.74) is 0.654. The third kappa shape index (κ3) is 3.83. The number of aryl methyl sites for hydroxylation is 1. The Bertz CT molecular complexity index is 1130. The van der Waals surface area contributed by atoms with Gasteiger partial charge in [0.25, 0.3) is 9.04 Å². The van der Waals surface area contributed by atoms with Crippen molar-refractivity contribution in [2.75, 3.05) is 6.17 Å². The third-order valence-corrected chi connectivity index (χ3v) is 6.62. The summed E-state index contributed by atoms with van der Waals surface area (Å²) in [4.78, 5) is 36.8. The molecule has 10 heteroatoms. The van der Waals surface area contributed by atoms with Crippen LogP contribution in [0.3, 0.4) is 0 Å². The van der Waals surface area contributed by atoms with E-state index < -0.39 is 44.0 Å². The summed E-state index contributed by atoms with van der Waals surface area (Å²) in [6.45, 7) is 0. The highest BCUT2D eigenvalue weighted by Gasteiger charge is 2.37. The molecule has 1 fully saturated rings. The Hall–Kier alpha value is -3.11. The van der Waals surface area contributed by atoms with Gasteiger partial charge in [0.1, 0.15) is 23.1 Å². The molecule has 1 saturated heterocycles. The van der Waals surface area contributed by atoms with Crippen LogP contribution >= 0.6 is 0 Å². The van der Waals surface area contributed by atoms with Crippen molar-refractivity contribution < 1.29 is 27.6 Å². The van der Waals surface area contributed by atoms with Crippen LogP contribution in [0.4, 0.5) is 13.2 Å². The van der Waals surface area contributed by atoms with Gasteiger partial charge in [-0.15, -0.1) is 0 Å². The molecule has 4 N–H and O–H groups in total. The molecule has 1 aromatic heterocycles. The third-order valence-electron chi connectivity index (χ3n) is 5.01. The molecular weight excluding hydrogens is 415 g/mol. The number of amides is 2. The molecule has 2 heterocycles. The zero-order valence-corrected chi connectivity index (χ0v) is 16.6. The topological polar surface area (TPSA) is 94.2 Å². The van der Waals surface area contributed by atoms with Crippen LogP contribution in [0, 0.1) is 17.5 Å². The minimum Gasteiger partial charge on any atom is -0.428 e. The lowest BCUT2D eigenvalue weighted by Gasteiger charge is -2.12. The normalized spacial score (nSPS) is 16.8. The van der Waals surface area contributed by atoms with Crippen LogP contribution in [-0.2, 0) is 16.0 Å². The van der Waals surface area contributed by atoms with Gasteiger partial charge < -0.3 is 20.4 Å². The van der Waals surface area contributed by atoms with Gasteiger partial charge in [-0.05, 0) is 47.9 Å². The summed E-state index contributed by atoms with van der Waals surface area (Å²) in [6, 6.07) is 7.43. The molecule has 1 atom stereocenters. The summed E-state index contributed by atoms with van der Waals surface area (Å²) in [7, 11) is -2.04. The van der Waals surface area contributed by atoms with Crippen LogP contribution in [0.2, 0.25) is 0 Å². The number of halogens is 3. The lowest BCUT2D eigenvalue weighted by molar-refractivity contribution is -0.126. The SMILES string of the molecule is O=C(CCc1c(-c2ccc(F)cc2)[nH]c2c(F)cc(F)cc12)N[C@@H]1C(=O)NC[Si]1O. The second-order valence-corrected chi connectivity index (χ2v) is 8.92. The minimum absolute atomic E-state index is 0.0712. The number of aromatic nitrogens is 1. The monoisotopic (exact) mass is 432 g/mol. The van der Waals surface area contributed by atoms with Crippen LogP contribution in [0.1, 0.15) is 12.0 Å². The van der Waals surface area contributed by atoms with E-state index in [1.807, 2.05) is 0 Å². The second-order valence-electron chi connectivity index (χ2n) is 7.01. The Morgan fingerprint density at radius 2 is 1.90 bits per heavy atom. The average molecular weight is 432 g/mol. The molecule has 3 aromatic rings. The van der Waals surface area contributed by atoms with E-state index in [4.69, 9.17) is 0 Å². The summed E-state index contributed by atoms with van der Waals surface area (Å²) in [5.74, 6) is -2.87. The Kier molecular flexibility index (Phi) is 5.35. The van der Waals surface area contributed by atoms with E-state index >= 15 is 0 Å². The van der Waals surface area contributed by atoms with E-state index in [0.29, 0.717) is 16.8 Å². The van der Waals surface area contributed by atoms with Crippen molar-refractivity contribution in [3.63, 3.8) is 0 Å². The smallest absolute Gasteiger partial charge is 0.261 e. The summed E-state index contributed by atoms with van der Waals surface area (Å²) in [6.07, 6.45) is 0.200. The number of hydrogen-bond donors (Lipinski definition) is 4. The van der Waals surface area contributed by atoms with Crippen molar-refractivity contribution in [3.8, 4) is 11.3 Å². The lowest BCUT2D eigenvalue weighted by Crippen LogP contribution is -2.48. The van der Waals surface area contributed by atoms with E-state index in [1.54, 1.807) is 0 Å². The van der Waals surface area contributed by atoms with Crippen LogP contribution in [-0.4, -0.2) is 42.5 Å². The zero-order valence-electron chi connectivity index (χ0n) is 15.6. The maximum absolute atomic E-state index is 14.3. The van der Waals surface area contributed by atoms with E-state index in [9.17, 15) is 27.6 Å². The fourth-order valence-electron chi connectivity index (χ4n) is 3.55. The van der Waals surface area contributed by atoms with Crippen LogP contribution in [0.25, 0.3) is 22.2 Å². The van der Waals surface area contributed by atoms with E-state index in [2.05, 4.69) is 15.6 Å². The molecule has 30 heavy (non-hydrogen) atoms. The first-order valence-electron chi connectivity index (χ1n) is 9.21. The van der Waals surface area contributed by atoms with Crippen LogP contribution in [0.15, 0.2) is 36.4 Å². The number of nitrogens with one attached hydrogen (secondary N) is 3. The summed E-state index contributed by atoms with van der Waals surface area (Å²) in [5, 5.41) is 5.29.